The lowest BCUT2D eigenvalue weighted by molar-refractivity contribution is -0.130. The molecule has 2 N–H and O–H groups in total. The van der Waals surface area contributed by atoms with E-state index in [0.29, 0.717) is 29.3 Å². The number of aryl methyl sites for hydroxylation is 1. The van der Waals surface area contributed by atoms with Crippen molar-refractivity contribution in [1.29, 1.82) is 0 Å². The second-order valence-corrected chi connectivity index (χ2v) is 8.81. The molecule has 9 heteroatoms. The summed E-state index contributed by atoms with van der Waals surface area (Å²) in [4.78, 5) is 36.7. The normalized spacial score (nSPS) is 11.8. The Bertz CT molecular complexity index is 1250. The Kier molecular flexibility index (Phi) is 9.60. The minimum Gasteiger partial charge on any atom is -0.484 e. The van der Waals surface area contributed by atoms with E-state index in [1.54, 1.807) is 42.5 Å². The van der Waals surface area contributed by atoms with Crippen molar-refractivity contribution in [1.82, 2.24) is 10.7 Å². The van der Waals surface area contributed by atoms with E-state index in [1.807, 2.05) is 39.0 Å². The van der Waals surface area contributed by atoms with E-state index in [2.05, 4.69) is 15.8 Å². The Morgan fingerprint density at radius 1 is 1.03 bits per heavy atom. The van der Waals surface area contributed by atoms with Crippen LogP contribution in [-0.4, -0.2) is 43.8 Å². The largest absolute Gasteiger partial charge is 0.484 e. The first-order valence-corrected chi connectivity index (χ1v) is 11.9. The summed E-state index contributed by atoms with van der Waals surface area (Å²) in [6.07, 6.45) is 1.81. The average molecular weight is 506 g/mol. The standard InChI is InChI=1S/C28H31N3O6/c1-18(2)15-23(30-26(32)17-36-24-8-6-5-7-19(24)3)27(33)31-29-16-22-13-14-25(37-22)20-9-11-21(12-10-20)28(34)35-4/h5-14,16,18,23H,15,17H2,1-4H3,(H,30,32)(H,31,33)/b29-16-/t23-/m0/s1. The summed E-state index contributed by atoms with van der Waals surface area (Å²) in [5.41, 5.74) is 4.59. The van der Waals surface area contributed by atoms with Crippen molar-refractivity contribution in [3.05, 3.63) is 77.6 Å². The molecule has 3 rings (SSSR count). The van der Waals surface area contributed by atoms with Crippen molar-refractivity contribution in [2.75, 3.05) is 13.7 Å². The highest BCUT2D eigenvalue weighted by Gasteiger charge is 2.22. The smallest absolute Gasteiger partial charge is 0.337 e. The van der Waals surface area contributed by atoms with Gasteiger partial charge in [-0.25, -0.2) is 10.2 Å². The summed E-state index contributed by atoms with van der Waals surface area (Å²) in [7, 11) is 1.33. The first-order chi connectivity index (χ1) is 17.8. The molecule has 0 bridgehead atoms. The van der Waals surface area contributed by atoms with E-state index in [4.69, 9.17) is 13.9 Å². The molecule has 3 aromatic rings. The van der Waals surface area contributed by atoms with Gasteiger partial charge in [0.15, 0.2) is 6.61 Å². The number of methoxy groups -OCH3 is 1. The maximum Gasteiger partial charge on any atom is 0.337 e. The lowest BCUT2D eigenvalue weighted by Crippen LogP contribution is -2.47. The Balaban J connectivity index is 1.56. The molecule has 0 aliphatic rings. The van der Waals surface area contributed by atoms with Gasteiger partial charge >= 0.3 is 5.97 Å². The van der Waals surface area contributed by atoms with Gasteiger partial charge in [-0.15, -0.1) is 0 Å². The molecule has 1 heterocycles. The van der Waals surface area contributed by atoms with Crippen molar-refractivity contribution < 1.29 is 28.3 Å². The second-order valence-electron chi connectivity index (χ2n) is 8.81. The monoisotopic (exact) mass is 505 g/mol. The number of amides is 2. The van der Waals surface area contributed by atoms with Crippen LogP contribution in [0.2, 0.25) is 0 Å². The Labute approximate surface area is 215 Å². The van der Waals surface area contributed by atoms with E-state index in [9.17, 15) is 14.4 Å². The van der Waals surface area contributed by atoms with Crippen LogP contribution in [0.15, 0.2) is 70.2 Å². The van der Waals surface area contributed by atoms with Crippen molar-refractivity contribution in [3.63, 3.8) is 0 Å². The van der Waals surface area contributed by atoms with Crippen molar-refractivity contribution >= 4 is 24.0 Å². The maximum atomic E-state index is 12.7. The Hall–Kier alpha value is -4.40. The number of furan rings is 1. The molecule has 0 spiro atoms. The number of hydrogen-bond acceptors (Lipinski definition) is 7. The van der Waals surface area contributed by atoms with Crippen molar-refractivity contribution in [2.24, 2.45) is 11.0 Å². The SMILES string of the molecule is COC(=O)c1ccc(-c2ccc(/C=N\NC(=O)[C@H](CC(C)C)NC(=O)COc3ccccc3C)o2)cc1. The van der Waals surface area contributed by atoms with Crippen LogP contribution in [0.5, 0.6) is 5.75 Å². The zero-order valence-corrected chi connectivity index (χ0v) is 21.3. The number of esters is 1. The summed E-state index contributed by atoms with van der Waals surface area (Å²) in [5, 5.41) is 6.70. The molecule has 2 aromatic carbocycles. The third-order valence-corrected chi connectivity index (χ3v) is 5.40. The number of hydrazone groups is 1. The van der Waals surface area contributed by atoms with Crippen LogP contribution in [0.3, 0.4) is 0 Å². The third kappa shape index (κ3) is 8.06. The van der Waals surface area contributed by atoms with Gasteiger partial charge in [0.25, 0.3) is 11.8 Å². The fourth-order valence-electron chi connectivity index (χ4n) is 3.50. The van der Waals surface area contributed by atoms with Crippen LogP contribution in [0.25, 0.3) is 11.3 Å². The Morgan fingerprint density at radius 2 is 1.76 bits per heavy atom. The van der Waals surface area contributed by atoms with Crippen LogP contribution in [0.1, 0.15) is 41.9 Å². The molecule has 194 valence electrons. The van der Waals surface area contributed by atoms with E-state index in [0.717, 1.165) is 11.1 Å². The number of rotatable bonds is 11. The molecular formula is C28H31N3O6. The van der Waals surface area contributed by atoms with Gasteiger partial charge < -0.3 is 19.2 Å². The lowest BCUT2D eigenvalue weighted by atomic mass is 10.0. The number of nitrogens with one attached hydrogen (secondary N) is 2. The van der Waals surface area contributed by atoms with Gasteiger partial charge in [-0.1, -0.05) is 44.2 Å². The first kappa shape index (κ1) is 27.2. The van der Waals surface area contributed by atoms with Crippen molar-refractivity contribution in [2.45, 2.75) is 33.2 Å². The zero-order valence-electron chi connectivity index (χ0n) is 21.3. The van der Waals surface area contributed by atoms with Crippen LogP contribution in [-0.2, 0) is 14.3 Å². The molecule has 1 atom stereocenters. The summed E-state index contributed by atoms with van der Waals surface area (Å²) >= 11 is 0. The highest BCUT2D eigenvalue weighted by molar-refractivity contribution is 5.90. The second kappa shape index (κ2) is 13.1. The maximum absolute atomic E-state index is 12.7. The summed E-state index contributed by atoms with van der Waals surface area (Å²) < 4.78 is 16.0. The fraction of sp³-hybridized carbons (Fsp3) is 0.286. The minimum atomic E-state index is -0.773. The minimum absolute atomic E-state index is 0.163. The summed E-state index contributed by atoms with van der Waals surface area (Å²) in [6.45, 7) is 5.61. The van der Waals surface area contributed by atoms with Crippen LogP contribution < -0.4 is 15.5 Å². The van der Waals surface area contributed by atoms with E-state index >= 15 is 0 Å². The van der Waals surface area contributed by atoms with Gasteiger partial charge in [0.1, 0.15) is 23.3 Å². The highest BCUT2D eigenvalue weighted by Crippen LogP contribution is 2.22. The number of ether oxygens (including phenoxy) is 2. The predicted molar refractivity (Wildman–Crippen MR) is 139 cm³/mol. The molecule has 1 aromatic heterocycles. The number of hydrogen-bond donors (Lipinski definition) is 2. The molecule has 2 amide bonds. The van der Waals surface area contributed by atoms with Crippen LogP contribution in [0, 0.1) is 12.8 Å². The number of benzene rings is 2. The molecule has 37 heavy (non-hydrogen) atoms. The van der Waals surface area contributed by atoms with Gasteiger partial charge in [0.2, 0.25) is 0 Å². The number of carbonyl (C=O) groups is 3. The number of carbonyl (C=O) groups excluding carboxylic acids is 3. The van der Waals surface area contributed by atoms with Gasteiger partial charge in [-0.05, 0) is 55.2 Å². The molecule has 0 aliphatic carbocycles. The van der Waals surface area contributed by atoms with Crippen LogP contribution >= 0.6 is 0 Å². The summed E-state index contributed by atoms with van der Waals surface area (Å²) in [5.74, 6) is 0.507. The fourth-order valence-corrected chi connectivity index (χ4v) is 3.50. The number of para-hydroxylation sites is 1. The molecule has 0 saturated carbocycles. The molecule has 0 unspecified atom stereocenters. The van der Waals surface area contributed by atoms with Gasteiger partial charge in [0, 0.05) is 5.56 Å². The van der Waals surface area contributed by atoms with Crippen molar-refractivity contribution in [3.8, 4) is 17.1 Å². The first-order valence-electron chi connectivity index (χ1n) is 11.9. The average Bonchev–Trinajstić information content (AvgIpc) is 3.36. The van der Waals surface area contributed by atoms with E-state index < -0.39 is 23.8 Å². The molecule has 0 aliphatic heterocycles. The predicted octanol–water partition coefficient (Wildman–Crippen LogP) is 4.10. The molecule has 0 radical (unpaired) electrons. The van der Waals surface area contributed by atoms with Gasteiger partial charge in [-0.2, -0.15) is 5.10 Å². The molecule has 9 nitrogen and oxygen atoms in total. The van der Waals surface area contributed by atoms with E-state index in [-0.39, 0.29) is 12.5 Å². The van der Waals surface area contributed by atoms with Gasteiger partial charge in [-0.3, -0.25) is 9.59 Å². The molecule has 0 saturated heterocycles. The zero-order chi connectivity index (χ0) is 26.8. The van der Waals surface area contributed by atoms with E-state index in [1.165, 1.54) is 13.3 Å². The quantitative estimate of drug-likeness (QED) is 0.230. The lowest BCUT2D eigenvalue weighted by Gasteiger charge is -2.19. The third-order valence-electron chi connectivity index (χ3n) is 5.40. The topological polar surface area (TPSA) is 119 Å². The molecule has 0 fully saturated rings. The number of nitrogens with zero attached hydrogens (tertiary/aromatic N) is 1. The Morgan fingerprint density at radius 3 is 2.43 bits per heavy atom. The highest BCUT2D eigenvalue weighted by atomic mass is 16.5. The van der Waals surface area contributed by atoms with Gasteiger partial charge in [0.05, 0.1) is 18.9 Å². The van der Waals surface area contributed by atoms with Crippen LogP contribution in [0.4, 0.5) is 0 Å². The summed E-state index contributed by atoms with van der Waals surface area (Å²) in [6, 6.07) is 16.9. The molecular weight excluding hydrogens is 474 g/mol.